The minimum atomic E-state index is -0.529. The number of anilines is 2. The van der Waals surface area contributed by atoms with E-state index in [1.807, 2.05) is 0 Å². The molecule has 1 aliphatic carbocycles. The molecule has 4 N–H and O–H groups in total. The number of morpholine rings is 1. The molecule has 2 aliphatic rings. The lowest BCUT2D eigenvalue weighted by Gasteiger charge is -2.26. The normalized spacial score (nSPS) is 22.8. The third-order valence-electron chi connectivity index (χ3n) is 5.57. The highest BCUT2D eigenvalue weighted by Crippen LogP contribution is 2.32. The van der Waals surface area contributed by atoms with Crippen LogP contribution in [-0.4, -0.2) is 56.1 Å². The molecular formula is C20H29FN4O3. The van der Waals surface area contributed by atoms with Crippen LogP contribution in [0.5, 0.6) is 0 Å². The molecule has 8 heteroatoms. The van der Waals surface area contributed by atoms with Crippen LogP contribution < -0.4 is 16.4 Å². The average molecular weight is 392 g/mol. The fourth-order valence-corrected chi connectivity index (χ4v) is 3.90. The van der Waals surface area contributed by atoms with Crippen molar-refractivity contribution in [3.8, 4) is 0 Å². The Hall–Kier alpha value is -2.03. The number of rotatable bonds is 7. The van der Waals surface area contributed by atoms with Gasteiger partial charge in [-0.25, -0.2) is 4.39 Å². The quantitative estimate of drug-likeness (QED) is 0.658. The first-order chi connectivity index (χ1) is 13.6. The predicted molar refractivity (Wildman–Crippen MR) is 105 cm³/mol. The number of amides is 2. The van der Waals surface area contributed by atoms with Crippen LogP contribution in [0.3, 0.4) is 0 Å². The van der Waals surface area contributed by atoms with Crippen LogP contribution in [0.25, 0.3) is 0 Å². The molecule has 2 amide bonds. The molecule has 1 saturated carbocycles. The molecule has 0 radical (unpaired) electrons. The zero-order chi connectivity index (χ0) is 19.9. The summed E-state index contributed by atoms with van der Waals surface area (Å²) in [5.41, 5.74) is 6.29. The summed E-state index contributed by atoms with van der Waals surface area (Å²) < 4.78 is 19.4. The molecule has 1 heterocycles. The second-order valence-electron chi connectivity index (χ2n) is 7.47. The van der Waals surface area contributed by atoms with E-state index < -0.39 is 5.82 Å². The summed E-state index contributed by atoms with van der Waals surface area (Å²) in [5.74, 6) is -0.795. The Morgan fingerprint density at radius 1 is 1.21 bits per heavy atom. The molecule has 3 rings (SSSR count). The largest absolute Gasteiger partial charge is 0.379 e. The third-order valence-corrected chi connectivity index (χ3v) is 5.57. The Labute approximate surface area is 164 Å². The number of ether oxygens (including phenoxy) is 1. The maximum Gasteiger partial charge on any atom is 0.227 e. The van der Waals surface area contributed by atoms with E-state index in [1.54, 1.807) is 0 Å². The molecule has 28 heavy (non-hydrogen) atoms. The van der Waals surface area contributed by atoms with Crippen molar-refractivity contribution in [3.05, 3.63) is 24.0 Å². The lowest BCUT2D eigenvalue weighted by molar-refractivity contribution is -0.120. The van der Waals surface area contributed by atoms with Gasteiger partial charge < -0.3 is 21.1 Å². The van der Waals surface area contributed by atoms with E-state index in [2.05, 4.69) is 15.5 Å². The van der Waals surface area contributed by atoms with Crippen LogP contribution in [0.15, 0.2) is 18.2 Å². The zero-order valence-electron chi connectivity index (χ0n) is 16.1. The molecule has 1 saturated heterocycles. The fourth-order valence-electron chi connectivity index (χ4n) is 3.90. The monoisotopic (exact) mass is 392 g/mol. The maximum absolute atomic E-state index is 14.1. The second-order valence-corrected chi connectivity index (χ2v) is 7.47. The van der Waals surface area contributed by atoms with Crippen molar-refractivity contribution in [1.29, 1.82) is 0 Å². The van der Waals surface area contributed by atoms with Crippen molar-refractivity contribution < 1.29 is 18.7 Å². The van der Waals surface area contributed by atoms with Crippen molar-refractivity contribution >= 4 is 23.2 Å². The van der Waals surface area contributed by atoms with Gasteiger partial charge in [-0.1, -0.05) is 6.42 Å². The summed E-state index contributed by atoms with van der Waals surface area (Å²) >= 11 is 0. The average Bonchev–Trinajstić information content (AvgIpc) is 3.19. The molecule has 7 nitrogen and oxygen atoms in total. The van der Waals surface area contributed by atoms with E-state index in [0.717, 1.165) is 32.4 Å². The van der Waals surface area contributed by atoms with E-state index in [9.17, 15) is 14.0 Å². The van der Waals surface area contributed by atoms with Gasteiger partial charge in [0.05, 0.1) is 18.9 Å². The van der Waals surface area contributed by atoms with Gasteiger partial charge in [-0.05, 0) is 43.5 Å². The summed E-state index contributed by atoms with van der Waals surface area (Å²) in [4.78, 5) is 26.9. The second kappa shape index (κ2) is 9.95. The first kappa shape index (κ1) is 20.7. The molecule has 0 aromatic heterocycles. The van der Waals surface area contributed by atoms with E-state index in [1.165, 1.54) is 18.2 Å². The van der Waals surface area contributed by atoms with E-state index >= 15 is 0 Å². The highest BCUT2D eigenvalue weighted by atomic mass is 19.1. The molecule has 1 aromatic carbocycles. The number of nitrogens with two attached hydrogens (primary N) is 1. The molecule has 0 spiro atoms. The first-order valence-electron chi connectivity index (χ1n) is 9.97. The van der Waals surface area contributed by atoms with Crippen LogP contribution in [-0.2, 0) is 14.3 Å². The minimum Gasteiger partial charge on any atom is -0.379 e. The van der Waals surface area contributed by atoms with Crippen LogP contribution >= 0.6 is 0 Å². The molecule has 1 aliphatic heterocycles. The van der Waals surface area contributed by atoms with Crippen LogP contribution in [0.4, 0.5) is 15.8 Å². The topological polar surface area (TPSA) is 96.7 Å². The highest BCUT2D eigenvalue weighted by Gasteiger charge is 2.32. The Morgan fingerprint density at radius 3 is 2.75 bits per heavy atom. The van der Waals surface area contributed by atoms with E-state index in [4.69, 9.17) is 10.5 Å². The number of carbonyl (C=O) groups excluding carboxylic acids is 2. The van der Waals surface area contributed by atoms with Crippen molar-refractivity contribution in [2.24, 2.45) is 17.6 Å². The van der Waals surface area contributed by atoms with Crippen LogP contribution in [0.2, 0.25) is 0 Å². The van der Waals surface area contributed by atoms with Gasteiger partial charge >= 0.3 is 0 Å². The molecule has 2 fully saturated rings. The predicted octanol–water partition coefficient (Wildman–Crippen LogP) is 1.80. The smallest absolute Gasteiger partial charge is 0.227 e. The molecule has 2 atom stereocenters. The van der Waals surface area contributed by atoms with Gasteiger partial charge in [0.1, 0.15) is 5.82 Å². The standard InChI is InChI=1S/C20H29FN4O3/c21-17-5-4-15(23-20(27)16-3-1-2-14(16)13-22)12-18(17)24-19(26)6-7-25-8-10-28-11-9-25/h4-5,12,14,16H,1-3,6-11,13,22H2,(H,23,27)(H,24,26)/t14-,16-/m1/s1. The Bertz CT molecular complexity index is 694. The molecule has 154 valence electrons. The van der Waals surface area contributed by atoms with Crippen molar-refractivity contribution in [1.82, 2.24) is 4.90 Å². The summed E-state index contributed by atoms with van der Waals surface area (Å²) in [6.07, 6.45) is 3.05. The molecule has 0 unspecified atom stereocenters. The third kappa shape index (κ3) is 5.50. The van der Waals surface area contributed by atoms with Gasteiger partial charge in [-0.3, -0.25) is 14.5 Å². The first-order valence-corrected chi connectivity index (χ1v) is 9.97. The van der Waals surface area contributed by atoms with Crippen LogP contribution in [0, 0.1) is 17.7 Å². The Morgan fingerprint density at radius 2 is 2.00 bits per heavy atom. The summed E-state index contributed by atoms with van der Waals surface area (Å²) in [5, 5.41) is 5.45. The maximum atomic E-state index is 14.1. The number of nitrogens with one attached hydrogen (secondary N) is 2. The van der Waals surface area contributed by atoms with Crippen molar-refractivity contribution in [2.45, 2.75) is 25.7 Å². The van der Waals surface area contributed by atoms with E-state index in [0.29, 0.717) is 32.0 Å². The van der Waals surface area contributed by atoms with Gasteiger partial charge in [0.25, 0.3) is 0 Å². The van der Waals surface area contributed by atoms with Crippen molar-refractivity contribution in [2.75, 3.05) is 50.0 Å². The number of halogens is 1. The van der Waals surface area contributed by atoms with Gasteiger partial charge in [0.15, 0.2) is 0 Å². The van der Waals surface area contributed by atoms with Gasteiger partial charge in [-0.2, -0.15) is 0 Å². The van der Waals surface area contributed by atoms with Gasteiger partial charge in [0, 0.05) is 37.7 Å². The Balaban J connectivity index is 1.55. The number of benzene rings is 1. The molecular weight excluding hydrogens is 363 g/mol. The lowest BCUT2D eigenvalue weighted by Crippen LogP contribution is -2.38. The summed E-state index contributed by atoms with van der Waals surface area (Å²) in [6, 6.07) is 4.22. The van der Waals surface area contributed by atoms with Gasteiger partial charge in [0.2, 0.25) is 11.8 Å². The fraction of sp³-hybridized carbons (Fsp3) is 0.600. The zero-order valence-corrected chi connectivity index (χ0v) is 16.1. The molecule has 0 bridgehead atoms. The Kier molecular flexibility index (Phi) is 7.36. The van der Waals surface area contributed by atoms with Crippen molar-refractivity contribution in [3.63, 3.8) is 0 Å². The number of hydrogen-bond donors (Lipinski definition) is 3. The number of nitrogens with zero attached hydrogens (tertiary/aromatic N) is 1. The van der Waals surface area contributed by atoms with E-state index in [-0.39, 0.29) is 35.8 Å². The lowest BCUT2D eigenvalue weighted by atomic mass is 9.95. The highest BCUT2D eigenvalue weighted by molar-refractivity contribution is 5.95. The summed E-state index contributed by atoms with van der Waals surface area (Å²) in [7, 11) is 0. The SMILES string of the molecule is NC[C@H]1CCC[C@H]1C(=O)Nc1ccc(F)c(NC(=O)CCN2CCOCC2)c1. The van der Waals surface area contributed by atoms with Crippen LogP contribution in [0.1, 0.15) is 25.7 Å². The summed E-state index contributed by atoms with van der Waals surface area (Å²) in [6.45, 7) is 4.04. The van der Waals surface area contributed by atoms with Gasteiger partial charge in [-0.15, -0.1) is 0 Å². The number of hydrogen-bond acceptors (Lipinski definition) is 5. The number of carbonyl (C=O) groups is 2. The minimum absolute atomic E-state index is 0.0755. The molecule has 1 aromatic rings.